The SMILES string of the molecule is Cc1ccc(/C=C2\C3C4C=CC2(C)C(=O)C43C)cc1. The van der Waals surface area contributed by atoms with Crippen LogP contribution in [0.3, 0.4) is 0 Å². The average molecular weight is 250 g/mol. The molecule has 0 aliphatic heterocycles. The molecule has 96 valence electrons. The smallest absolute Gasteiger partial charge is 0.153 e. The Labute approximate surface area is 114 Å². The van der Waals surface area contributed by atoms with E-state index in [1.165, 1.54) is 16.7 Å². The summed E-state index contributed by atoms with van der Waals surface area (Å²) in [7, 11) is 0. The molecular weight excluding hydrogens is 232 g/mol. The zero-order valence-corrected chi connectivity index (χ0v) is 11.6. The minimum Gasteiger partial charge on any atom is -0.298 e. The van der Waals surface area contributed by atoms with Gasteiger partial charge in [-0.3, -0.25) is 4.79 Å². The number of rotatable bonds is 1. The van der Waals surface area contributed by atoms with Crippen molar-refractivity contribution in [2.45, 2.75) is 20.8 Å². The van der Waals surface area contributed by atoms with Crippen LogP contribution in [0.4, 0.5) is 0 Å². The first kappa shape index (κ1) is 11.2. The van der Waals surface area contributed by atoms with E-state index in [1.54, 1.807) is 0 Å². The molecule has 2 fully saturated rings. The zero-order valence-electron chi connectivity index (χ0n) is 11.6. The highest BCUT2D eigenvalue weighted by Gasteiger charge is 2.77. The third-order valence-electron chi connectivity index (χ3n) is 5.52. The Hall–Kier alpha value is -1.63. The molecule has 0 amide bonds. The lowest BCUT2D eigenvalue weighted by atomic mass is 9.71. The van der Waals surface area contributed by atoms with Gasteiger partial charge in [-0.2, -0.15) is 0 Å². The van der Waals surface area contributed by atoms with Crippen LogP contribution in [0.25, 0.3) is 6.08 Å². The van der Waals surface area contributed by atoms with Gasteiger partial charge in [0.1, 0.15) is 0 Å². The molecule has 0 heterocycles. The van der Waals surface area contributed by atoms with E-state index in [9.17, 15) is 4.79 Å². The van der Waals surface area contributed by atoms with Gasteiger partial charge < -0.3 is 0 Å². The first-order valence-corrected chi connectivity index (χ1v) is 7.01. The maximum atomic E-state index is 12.6. The lowest BCUT2D eigenvalue weighted by molar-refractivity contribution is -0.128. The fraction of sp³-hybridized carbons (Fsp3) is 0.389. The van der Waals surface area contributed by atoms with E-state index < -0.39 is 0 Å². The summed E-state index contributed by atoms with van der Waals surface area (Å²) in [5.41, 5.74) is 3.37. The second-order valence-corrected chi connectivity index (χ2v) is 6.69. The minimum atomic E-state index is -0.348. The number of hydrogen-bond acceptors (Lipinski definition) is 1. The van der Waals surface area contributed by atoms with Crippen LogP contribution >= 0.6 is 0 Å². The van der Waals surface area contributed by atoms with Crippen molar-refractivity contribution in [3.8, 4) is 0 Å². The molecule has 0 aromatic heterocycles. The molecule has 1 nitrogen and oxygen atoms in total. The van der Waals surface area contributed by atoms with Crippen molar-refractivity contribution in [2.24, 2.45) is 22.7 Å². The molecule has 0 N–H and O–H groups in total. The van der Waals surface area contributed by atoms with Crippen molar-refractivity contribution in [1.82, 2.24) is 0 Å². The van der Waals surface area contributed by atoms with Crippen LogP contribution in [0, 0.1) is 29.6 Å². The van der Waals surface area contributed by atoms with Crippen LogP contribution in [0.5, 0.6) is 0 Å². The Morgan fingerprint density at radius 2 is 1.84 bits per heavy atom. The standard InChI is InChI=1S/C18H18O/c1-11-4-6-12(7-5-11)10-14-15-13-8-9-17(14,2)16(19)18(13,15)3/h4-10,13,15H,1-3H3/b14-10+. The van der Waals surface area contributed by atoms with Crippen LogP contribution in [-0.2, 0) is 4.79 Å². The molecule has 5 rings (SSSR count). The van der Waals surface area contributed by atoms with Gasteiger partial charge in [0.25, 0.3) is 0 Å². The fourth-order valence-electron chi connectivity index (χ4n) is 4.23. The van der Waals surface area contributed by atoms with Gasteiger partial charge in [0.05, 0.1) is 5.41 Å². The Morgan fingerprint density at radius 1 is 1.16 bits per heavy atom. The third-order valence-corrected chi connectivity index (χ3v) is 5.52. The van der Waals surface area contributed by atoms with Gasteiger partial charge in [-0.25, -0.2) is 0 Å². The Morgan fingerprint density at radius 3 is 2.42 bits per heavy atom. The van der Waals surface area contributed by atoms with Crippen molar-refractivity contribution in [3.05, 3.63) is 53.1 Å². The molecule has 19 heavy (non-hydrogen) atoms. The van der Waals surface area contributed by atoms with Gasteiger partial charge >= 0.3 is 0 Å². The van der Waals surface area contributed by atoms with E-state index in [2.05, 4.69) is 63.3 Å². The molecule has 1 aromatic carbocycles. The van der Waals surface area contributed by atoms with Gasteiger partial charge in [-0.15, -0.1) is 0 Å². The van der Waals surface area contributed by atoms with E-state index >= 15 is 0 Å². The average Bonchev–Trinajstić information content (AvgIpc) is 2.97. The van der Waals surface area contributed by atoms with Crippen molar-refractivity contribution in [2.75, 3.05) is 0 Å². The van der Waals surface area contributed by atoms with Crippen molar-refractivity contribution >= 4 is 11.9 Å². The molecule has 4 atom stereocenters. The summed E-state index contributed by atoms with van der Waals surface area (Å²) in [5.74, 6) is 1.34. The molecule has 0 radical (unpaired) electrons. The quantitative estimate of drug-likeness (QED) is 0.693. The summed E-state index contributed by atoms with van der Waals surface area (Å²) in [6.07, 6.45) is 6.64. The predicted octanol–water partition coefficient (Wildman–Crippen LogP) is 3.79. The first-order chi connectivity index (χ1) is 8.98. The van der Waals surface area contributed by atoms with Gasteiger partial charge in [0.15, 0.2) is 5.78 Å². The maximum absolute atomic E-state index is 12.6. The molecular formula is C18H18O. The second kappa shape index (κ2) is 3.09. The third kappa shape index (κ3) is 1.14. The van der Waals surface area contributed by atoms with Gasteiger partial charge in [0.2, 0.25) is 0 Å². The number of Topliss-reactive ketones (excluding diaryl/α,β-unsaturated/α-hetero) is 1. The predicted molar refractivity (Wildman–Crippen MR) is 76.5 cm³/mol. The number of carbonyl (C=O) groups excluding carboxylic acids is 1. The van der Waals surface area contributed by atoms with E-state index in [1.807, 2.05) is 0 Å². The second-order valence-electron chi connectivity index (χ2n) is 6.69. The lowest BCUT2D eigenvalue weighted by Gasteiger charge is -2.30. The van der Waals surface area contributed by atoms with Crippen LogP contribution in [0.1, 0.15) is 25.0 Å². The van der Waals surface area contributed by atoms with E-state index in [4.69, 9.17) is 0 Å². The molecule has 1 aromatic rings. The van der Waals surface area contributed by atoms with E-state index in [0.717, 1.165) is 0 Å². The molecule has 4 unspecified atom stereocenters. The monoisotopic (exact) mass is 250 g/mol. The number of allylic oxidation sites excluding steroid dienone is 3. The van der Waals surface area contributed by atoms with E-state index in [0.29, 0.717) is 17.6 Å². The highest BCUT2D eigenvalue weighted by Crippen LogP contribution is 2.76. The molecule has 0 saturated heterocycles. The van der Waals surface area contributed by atoms with Crippen molar-refractivity contribution < 1.29 is 4.79 Å². The largest absolute Gasteiger partial charge is 0.298 e. The Kier molecular flexibility index (Phi) is 1.83. The first-order valence-electron chi connectivity index (χ1n) is 7.01. The van der Waals surface area contributed by atoms with Crippen molar-refractivity contribution in [1.29, 1.82) is 0 Å². The summed E-state index contributed by atoms with van der Waals surface area (Å²) in [5, 5.41) is 0. The van der Waals surface area contributed by atoms with E-state index in [-0.39, 0.29) is 10.8 Å². The van der Waals surface area contributed by atoms with Crippen molar-refractivity contribution in [3.63, 3.8) is 0 Å². The van der Waals surface area contributed by atoms with Crippen LogP contribution < -0.4 is 0 Å². The van der Waals surface area contributed by atoms with Crippen LogP contribution in [0.2, 0.25) is 0 Å². The molecule has 4 bridgehead atoms. The van der Waals surface area contributed by atoms with Gasteiger partial charge in [-0.05, 0) is 30.9 Å². The maximum Gasteiger partial charge on any atom is 0.153 e. The summed E-state index contributed by atoms with van der Waals surface area (Å²) >= 11 is 0. The molecule has 4 aliphatic carbocycles. The zero-order chi connectivity index (χ0) is 13.4. The Bertz CT molecular complexity index is 649. The minimum absolute atomic E-state index is 0.0972. The molecule has 2 saturated carbocycles. The normalized spacial score (nSPS) is 43.9. The number of aryl methyl sites for hydroxylation is 1. The fourth-order valence-corrected chi connectivity index (χ4v) is 4.23. The number of carbonyl (C=O) groups is 1. The molecule has 4 aliphatic rings. The molecule has 1 heteroatoms. The number of hydrogen-bond donors (Lipinski definition) is 0. The highest BCUT2D eigenvalue weighted by molar-refractivity contribution is 6.05. The highest BCUT2D eigenvalue weighted by atomic mass is 16.1. The number of ketones is 1. The van der Waals surface area contributed by atoms with Gasteiger partial charge in [-0.1, -0.05) is 55.0 Å². The summed E-state index contributed by atoms with van der Waals surface area (Å²) in [4.78, 5) is 12.6. The Balaban J connectivity index is 1.84. The topological polar surface area (TPSA) is 17.1 Å². The molecule has 0 spiro atoms. The van der Waals surface area contributed by atoms with Gasteiger partial charge in [0, 0.05) is 11.3 Å². The number of benzene rings is 1. The van der Waals surface area contributed by atoms with Crippen LogP contribution in [-0.4, -0.2) is 5.78 Å². The summed E-state index contributed by atoms with van der Waals surface area (Å²) in [6, 6.07) is 8.55. The summed E-state index contributed by atoms with van der Waals surface area (Å²) < 4.78 is 0. The van der Waals surface area contributed by atoms with Crippen LogP contribution in [0.15, 0.2) is 42.0 Å². The lowest BCUT2D eigenvalue weighted by Crippen LogP contribution is -2.32. The summed E-state index contributed by atoms with van der Waals surface area (Å²) in [6.45, 7) is 6.32.